The average Bonchev–Trinajstić information content (AvgIpc) is 3.50. The first-order valence-electron chi connectivity index (χ1n) is 16.7. The summed E-state index contributed by atoms with van der Waals surface area (Å²) in [4.78, 5) is 58.0. The van der Waals surface area contributed by atoms with E-state index in [0.29, 0.717) is 48.9 Å². The molecule has 0 bridgehead atoms. The number of carbonyl (C=O) groups excluding carboxylic acids is 4. The van der Waals surface area contributed by atoms with Gasteiger partial charge in [-0.2, -0.15) is 0 Å². The second-order valence-electron chi connectivity index (χ2n) is 12.7. The highest BCUT2D eigenvalue weighted by Crippen LogP contribution is 2.43. The Morgan fingerprint density at radius 3 is 2.47 bits per heavy atom. The first kappa shape index (κ1) is 36.8. The molecule has 268 valence electrons. The molecule has 0 fully saturated rings. The van der Waals surface area contributed by atoms with E-state index in [2.05, 4.69) is 20.9 Å². The van der Waals surface area contributed by atoms with Gasteiger partial charge in [-0.3, -0.25) is 9.59 Å². The van der Waals surface area contributed by atoms with Gasteiger partial charge >= 0.3 is 12.1 Å². The molecular weight excluding hydrogens is 673 g/mol. The number of nitrogens with zero attached hydrogens (tertiary/aromatic N) is 1. The zero-order valence-electron chi connectivity index (χ0n) is 29.6. The number of carbonyl (C=O) groups is 4. The summed E-state index contributed by atoms with van der Waals surface area (Å²) in [5.41, 5.74) is 3.11. The summed E-state index contributed by atoms with van der Waals surface area (Å²) in [6.07, 6.45) is 0.861. The third-order valence-corrected chi connectivity index (χ3v) is 8.74. The molecule has 4 aromatic rings. The predicted molar refractivity (Wildman–Crippen MR) is 195 cm³/mol. The van der Waals surface area contributed by atoms with E-state index in [1.807, 2.05) is 25.3 Å². The van der Waals surface area contributed by atoms with Crippen molar-refractivity contribution in [3.63, 3.8) is 0 Å². The highest BCUT2D eigenvalue weighted by atomic mass is 32.1. The van der Waals surface area contributed by atoms with E-state index in [4.69, 9.17) is 18.9 Å². The third kappa shape index (κ3) is 8.84. The molecule has 13 heteroatoms. The van der Waals surface area contributed by atoms with Gasteiger partial charge in [-0.05, 0) is 93.1 Å². The van der Waals surface area contributed by atoms with Gasteiger partial charge in [-0.25, -0.2) is 14.6 Å². The van der Waals surface area contributed by atoms with Crippen LogP contribution in [0.2, 0.25) is 0 Å². The van der Waals surface area contributed by atoms with Crippen molar-refractivity contribution in [2.75, 3.05) is 32.2 Å². The number of thiophene rings is 1. The van der Waals surface area contributed by atoms with Crippen LogP contribution in [0.3, 0.4) is 0 Å². The van der Waals surface area contributed by atoms with Crippen LogP contribution in [0, 0.1) is 0 Å². The van der Waals surface area contributed by atoms with Crippen molar-refractivity contribution in [1.29, 1.82) is 0 Å². The molecule has 5 rings (SSSR count). The fraction of sp³-hybridized carbons (Fsp3) is 0.342. The number of rotatable bonds is 11. The first-order chi connectivity index (χ1) is 24.4. The zero-order chi connectivity index (χ0) is 36.7. The number of nitrogens with one attached hydrogen (secondary N) is 3. The summed E-state index contributed by atoms with van der Waals surface area (Å²) in [5, 5.41) is 10.5. The monoisotopic (exact) mass is 714 g/mol. The molecule has 0 saturated carbocycles. The molecule has 1 aliphatic heterocycles. The molecule has 12 nitrogen and oxygen atoms in total. The number of pyridine rings is 1. The van der Waals surface area contributed by atoms with Gasteiger partial charge in [0.2, 0.25) is 0 Å². The number of aromatic nitrogens is 1. The fourth-order valence-electron chi connectivity index (χ4n) is 5.44. The number of hydrogen-bond donors (Lipinski definition) is 3. The first-order valence-corrected chi connectivity index (χ1v) is 17.6. The van der Waals surface area contributed by atoms with E-state index in [1.54, 1.807) is 68.5 Å². The molecule has 0 unspecified atom stereocenters. The number of alkyl carbamates (subject to hydrolysis) is 1. The summed E-state index contributed by atoms with van der Waals surface area (Å²) in [6.45, 7) is 10.5. The molecule has 2 aromatic heterocycles. The third-order valence-electron chi connectivity index (χ3n) is 7.75. The smallest absolute Gasteiger partial charge is 0.407 e. The lowest BCUT2D eigenvalue weighted by molar-refractivity contribution is 0.0521. The van der Waals surface area contributed by atoms with Crippen molar-refractivity contribution < 1.29 is 38.1 Å². The molecule has 0 atom stereocenters. The van der Waals surface area contributed by atoms with Crippen LogP contribution in [0.4, 0.5) is 10.5 Å². The number of ether oxygens (including phenoxy) is 4. The maximum absolute atomic E-state index is 14.4. The van der Waals surface area contributed by atoms with E-state index in [-0.39, 0.29) is 29.1 Å². The average molecular weight is 715 g/mol. The van der Waals surface area contributed by atoms with Gasteiger partial charge in [0.25, 0.3) is 11.8 Å². The highest BCUT2D eigenvalue weighted by Gasteiger charge is 2.27. The summed E-state index contributed by atoms with van der Waals surface area (Å²) < 4.78 is 22.5. The fourth-order valence-corrected chi connectivity index (χ4v) is 6.42. The summed E-state index contributed by atoms with van der Waals surface area (Å²) >= 11 is 1.55. The second-order valence-corrected chi connectivity index (χ2v) is 13.6. The van der Waals surface area contributed by atoms with Gasteiger partial charge in [0.1, 0.15) is 22.8 Å². The van der Waals surface area contributed by atoms with Crippen molar-refractivity contribution in [1.82, 2.24) is 15.6 Å². The largest absolute Gasteiger partial charge is 0.493 e. The van der Waals surface area contributed by atoms with Crippen molar-refractivity contribution >= 4 is 40.9 Å². The van der Waals surface area contributed by atoms with Crippen LogP contribution in [0.1, 0.15) is 83.5 Å². The van der Waals surface area contributed by atoms with Crippen molar-refractivity contribution in [2.45, 2.75) is 59.6 Å². The standard InChI is InChI=1S/C38H42N4O8S/c1-7-15-39-35(44)29-12-10-24(32(41-29)36(45)47-6)25-20-30-27(33-23(13-16-49-30)14-17-51-33)19-26(25)34(43)42-28-11-9-22(18-31(28)48-8-2)21-40-37(46)50-38(3,4)5/h9-12,14,17-20H,7-8,13,15-16,21H2,1-6H3,(H,39,44)(H,40,46)(H,42,43). The van der Waals surface area contributed by atoms with Crippen molar-refractivity contribution in [2.24, 2.45) is 0 Å². The Balaban J connectivity index is 1.57. The maximum Gasteiger partial charge on any atom is 0.407 e. The van der Waals surface area contributed by atoms with Gasteiger partial charge in [0.05, 0.1) is 26.0 Å². The number of amides is 3. The molecule has 3 heterocycles. The topological polar surface area (TPSA) is 154 Å². The summed E-state index contributed by atoms with van der Waals surface area (Å²) in [7, 11) is 1.23. The summed E-state index contributed by atoms with van der Waals surface area (Å²) in [6, 6.07) is 13.8. The lowest BCUT2D eigenvalue weighted by Gasteiger charge is -2.20. The molecule has 0 saturated heterocycles. The zero-order valence-corrected chi connectivity index (χ0v) is 30.4. The Morgan fingerprint density at radius 1 is 0.941 bits per heavy atom. The minimum Gasteiger partial charge on any atom is -0.493 e. The predicted octanol–water partition coefficient (Wildman–Crippen LogP) is 7.01. The van der Waals surface area contributed by atoms with E-state index in [1.165, 1.54) is 13.2 Å². The van der Waals surface area contributed by atoms with Gasteiger partial charge in [0.15, 0.2) is 5.69 Å². The Morgan fingerprint density at radius 2 is 1.75 bits per heavy atom. The Hall–Kier alpha value is -5.43. The molecule has 0 spiro atoms. The number of fused-ring (bicyclic) bond motifs is 3. The quantitative estimate of drug-likeness (QED) is 0.139. The van der Waals surface area contributed by atoms with Crippen LogP contribution in [-0.4, -0.2) is 61.3 Å². The Kier molecular flexibility index (Phi) is 11.6. The minimum atomic E-state index is -0.771. The molecule has 3 N–H and O–H groups in total. The van der Waals surface area contributed by atoms with Crippen LogP contribution < -0.4 is 25.4 Å². The molecule has 0 radical (unpaired) electrons. The maximum atomic E-state index is 14.4. The van der Waals surface area contributed by atoms with Crippen LogP contribution in [0.5, 0.6) is 11.5 Å². The number of esters is 1. The lowest BCUT2D eigenvalue weighted by atomic mass is 9.93. The number of benzene rings is 2. The van der Waals surface area contributed by atoms with Gasteiger partial charge in [0, 0.05) is 46.6 Å². The molecule has 3 amide bonds. The van der Waals surface area contributed by atoms with Crippen LogP contribution in [0.15, 0.2) is 53.9 Å². The number of methoxy groups -OCH3 is 1. The van der Waals surface area contributed by atoms with E-state index in [9.17, 15) is 19.2 Å². The molecule has 2 aromatic carbocycles. The van der Waals surface area contributed by atoms with Gasteiger partial charge in [-0.15, -0.1) is 11.3 Å². The Bertz CT molecular complexity index is 1950. The molecule has 0 aliphatic carbocycles. The SMILES string of the molecule is CCCNC(=O)c1ccc(-c2cc3c(cc2C(=O)Nc2ccc(CNC(=O)OC(C)(C)C)cc2OCC)-c2sccc2CCO3)c(C(=O)OC)n1. The van der Waals surface area contributed by atoms with Crippen molar-refractivity contribution in [3.05, 3.63) is 82.0 Å². The van der Waals surface area contributed by atoms with E-state index in [0.717, 1.165) is 28.0 Å². The number of hydrogen-bond acceptors (Lipinski definition) is 10. The van der Waals surface area contributed by atoms with Gasteiger partial charge < -0.3 is 34.9 Å². The molecular formula is C38H42N4O8S. The minimum absolute atomic E-state index is 0.0374. The van der Waals surface area contributed by atoms with Crippen molar-refractivity contribution in [3.8, 4) is 33.1 Å². The van der Waals surface area contributed by atoms with E-state index < -0.39 is 29.5 Å². The lowest BCUT2D eigenvalue weighted by Crippen LogP contribution is -2.32. The molecule has 51 heavy (non-hydrogen) atoms. The van der Waals surface area contributed by atoms with Crippen LogP contribution >= 0.6 is 11.3 Å². The second kappa shape index (κ2) is 16.1. The Labute approximate surface area is 300 Å². The number of anilines is 1. The van der Waals surface area contributed by atoms with Crippen LogP contribution in [0.25, 0.3) is 21.6 Å². The molecule has 1 aliphatic rings. The normalized spacial score (nSPS) is 12.0. The summed E-state index contributed by atoms with van der Waals surface area (Å²) in [5.74, 6) is -0.757. The highest BCUT2D eigenvalue weighted by molar-refractivity contribution is 7.13. The van der Waals surface area contributed by atoms with Gasteiger partial charge in [-0.1, -0.05) is 13.0 Å². The van der Waals surface area contributed by atoms with E-state index >= 15 is 0 Å². The van der Waals surface area contributed by atoms with Crippen LogP contribution in [-0.2, 0) is 22.4 Å².